The Balaban J connectivity index is 1.12. The molecule has 0 bridgehead atoms. The summed E-state index contributed by atoms with van der Waals surface area (Å²) in [5, 5.41) is 16.4. The van der Waals surface area contributed by atoms with Gasteiger partial charge in [0.2, 0.25) is 5.91 Å². The van der Waals surface area contributed by atoms with E-state index in [1.165, 1.54) is 6.07 Å². The van der Waals surface area contributed by atoms with Crippen molar-refractivity contribution in [1.82, 2.24) is 10.2 Å². The number of fused-ring (bicyclic) bond motifs is 1. The molecule has 2 N–H and O–H groups in total. The molecule has 3 aromatic carbocycles. The van der Waals surface area contributed by atoms with Crippen LogP contribution in [-0.2, 0) is 4.79 Å². The first-order chi connectivity index (χ1) is 18.5. The van der Waals surface area contributed by atoms with Gasteiger partial charge < -0.3 is 25.0 Å². The summed E-state index contributed by atoms with van der Waals surface area (Å²) >= 11 is 0. The Kier molecular flexibility index (Phi) is 7.22. The molecule has 1 amide bonds. The zero-order valence-corrected chi connectivity index (χ0v) is 21.7. The average molecular weight is 518 g/mol. The molecule has 38 heavy (non-hydrogen) atoms. The highest BCUT2D eigenvalue weighted by Gasteiger charge is 2.33. The van der Waals surface area contributed by atoms with E-state index in [0.29, 0.717) is 19.2 Å². The molecule has 3 atom stereocenters. The molecule has 2 heterocycles. The molecule has 0 spiro atoms. The molecule has 0 unspecified atom stereocenters. The van der Waals surface area contributed by atoms with Gasteiger partial charge in [0.25, 0.3) is 0 Å². The second-order valence-corrected chi connectivity index (χ2v) is 11.1. The van der Waals surface area contributed by atoms with Crippen molar-refractivity contribution in [2.24, 2.45) is 5.92 Å². The van der Waals surface area contributed by atoms with E-state index in [2.05, 4.69) is 21.2 Å². The molecule has 2 aliphatic heterocycles. The summed E-state index contributed by atoms with van der Waals surface area (Å²) in [6.45, 7) is 4.03. The molecule has 1 aliphatic carbocycles. The molecule has 200 valence electrons. The van der Waals surface area contributed by atoms with Crippen LogP contribution < -0.4 is 15.0 Å². The topological polar surface area (TPSA) is 65.0 Å². The maximum absolute atomic E-state index is 13.6. The fraction of sp³-hybridized carbons (Fsp3) is 0.452. The first kappa shape index (κ1) is 25.1. The number of carbonyl (C=O) groups excluding carboxylic acids is 1. The first-order valence-corrected chi connectivity index (χ1v) is 13.9. The largest absolute Gasteiger partial charge is 0.490 e. The minimum atomic E-state index is -0.798. The second kappa shape index (κ2) is 10.9. The molecule has 0 radical (unpaired) electrons. The summed E-state index contributed by atoms with van der Waals surface area (Å²) in [5.74, 6) is 0.429. The monoisotopic (exact) mass is 517 g/mol. The van der Waals surface area contributed by atoms with Crippen molar-refractivity contribution >= 4 is 22.4 Å². The quantitative estimate of drug-likeness (QED) is 0.432. The molecule has 0 aromatic heterocycles. The summed E-state index contributed by atoms with van der Waals surface area (Å²) < 4.78 is 19.4. The van der Waals surface area contributed by atoms with Gasteiger partial charge in [-0.25, -0.2) is 4.39 Å². The highest BCUT2D eigenvalue weighted by atomic mass is 19.1. The summed E-state index contributed by atoms with van der Waals surface area (Å²) in [6, 6.07) is 18.1. The van der Waals surface area contributed by atoms with Crippen LogP contribution in [0.15, 0.2) is 60.7 Å². The van der Waals surface area contributed by atoms with E-state index in [4.69, 9.17) is 4.74 Å². The van der Waals surface area contributed by atoms with Crippen molar-refractivity contribution in [3.8, 4) is 5.75 Å². The van der Waals surface area contributed by atoms with Crippen molar-refractivity contribution in [2.45, 2.75) is 50.4 Å². The molecule has 1 saturated carbocycles. The standard InChI is InChI=1S/C31H36FN3O3/c32-25-7-3-23-18-26(8-4-22(23)17-25)35-16-13-24(19-35)31(37)33-29(20-34-14-1-2-15-34)30(36)21-5-9-27(10-6-21)38-28-11-12-28/h3-10,17-18,24,28-30,36H,1-2,11-16,19-20H2,(H,33,37)/t24-,29-,30-/m1/s1. The van der Waals surface area contributed by atoms with Crippen LogP contribution in [0, 0.1) is 11.7 Å². The van der Waals surface area contributed by atoms with Crippen molar-refractivity contribution in [3.05, 3.63) is 72.0 Å². The van der Waals surface area contributed by atoms with E-state index in [0.717, 1.165) is 79.5 Å². The summed E-state index contributed by atoms with van der Waals surface area (Å²) in [4.78, 5) is 18.0. The lowest BCUT2D eigenvalue weighted by molar-refractivity contribution is -0.126. The minimum absolute atomic E-state index is 0.00714. The molecule has 2 saturated heterocycles. The number of carbonyl (C=O) groups is 1. The summed E-state index contributed by atoms with van der Waals surface area (Å²) in [5.41, 5.74) is 1.83. The number of nitrogens with zero attached hydrogens (tertiary/aromatic N) is 2. The number of likely N-dealkylation sites (tertiary alicyclic amines) is 1. The van der Waals surface area contributed by atoms with E-state index in [1.807, 2.05) is 36.4 Å². The molecule has 7 heteroatoms. The number of rotatable bonds is 9. The number of halogens is 1. The van der Waals surface area contributed by atoms with Gasteiger partial charge in [-0.3, -0.25) is 4.79 Å². The zero-order chi connectivity index (χ0) is 26.1. The predicted octanol–water partition coefficient (Wildman–Crippen LogP) is 4.66. The SMILES string of the molecule is O=C(N[C@H](CN1CCCC1)[C@H](O)c1ccc(OC2CC2)cc1)[C@@H]1CCN(c2ccc3cc(F)ccc3c2)C1. The number of amides is 1. The van der Waals surface area contributed by atoms with E-state index in [9.17, 15) is 14.3 Å². The van der Waals surface area contributed by atoms with Gasteiger partial charge in [0.05, 0.1) is 18.1 Å². The van der Waals surface area contributed by atoms with Crippen molar-refractivity contribution in [2.75, 3.05) is 37.6 Å². The first-order valence-electron chi connectivity index (χ1n) is 13.9. The molecule has 3 aromatic rings. The molecule has 3 fully saturated rings. The highest BCUT2D eigenvalue weighted by Crippen LogP contribution is 2.30. The van der Waals surface area contributed by atoms with Crippen molar-refractivity contribution < 1.29 is 19.0 Å². The van der Waals surface area contributed by atoms with Gasteiger partial charge in [0.1, 0.15) is 17.7 Å². The summed E-state index contributed by atoms with van der Waals surface area (Å²) in [7, 11) is 0. The lowest BCUT2D eigenvalue weighted by Crippen LogP contribution is -2.48. The Bertz CT molecular complexity index is 1270. The summed E-state index contributed by atoms with van der Waals surface area (Å²) in [6.07, 6.45) is 4.80. The van der Waals surface area contributed by atoms with Gasteiger partial charge in [-0.2, -0.15) is 0 Å². The maximum atomic E-state index is 13.6. The average Bonchev–Trinajstić information content (AvgIpc) is 3.37. The van der Waals surface area contributed by atoms with Gasteiger partial charge in [0, 0.05) is 25.3 Å². The van der Waals surface area contributed by atoms with Crippen LogP contribution in [0.25, 0.3) is 10.8 Å². The molecule has 6 rings (SSSR count). The lowest BCUT2D eigenvalue weighted by Gasteiger charge is -2.30. The van der Waals surface area contributed by atoms with Crippen LogP contribution >= 0.6 is 0 Å². The number of benzene rings is 3. The van der Waals surface area contributed by atoms with Gasteiger partial charge >= 0.3 is 0 Å². The lowest BCUT2D eigenvalue weighted by atomic mass is 10.00. The number of aliphatic hydroxyl groups excluding tert-OH is 1. The molecular formula is C31H36FN3O3. The second-order valence-electron chi connectivity index (χ2n) is 11.1. The van der Waals surface area contributed by atoms with Crippen molar-refractivity contribution in [3.63, 3.8) is 0 Å². The predicted molar refractivity (Wildman–Crippen MR) is 147 cm³/mol. The highest BCUT2D eigenvalue weighted by molar-refractivity contribution is 5.86. The molecule has 3 aliphatic rings. The minimum Gasteiger partial charge on any atom is -0.490 e. The normalized spacial score (nSPS) is 21.5. The van der Waals surface area contributed by atoms with Gasteiger partial charge in [0.15, 0.2) is 0 Å². The van der Waals surface area contributed by atoms with Crippen LogP contribution in [-0.4, -0.2) is 60.8 Å². The van der Waals surface area contributed by atoms with Crippen LogP contribution in [0.3, 0.4) is 0 Å². The fourth-order valence-electron chi connectivity index (χ4n) is 5.73. The maximum Gasteiger partial charge on any atom is 0.225 e. The van der Waals surface area contributed by atoms with E-state index < -0.39 is 6.10 Å². The number of nitrogens with one attached hydrogen (secondary N) is 1. The molecular weight excluding hydrogens is 481 g/mol. The third kappa shape index (κ3) is 5.79. The van der Waals surface area contributed by atoms with Crippen LogP contribution in [0.2, 0.25) is 0 Å². The van der Waals surface area contributed by atoms with Crippen molar-refractivity contribution in [1.29, 1.82) is 0 Å². The zero-order valence-electron chi connectivity index (χ0n) is 21.7. The van der Waals surface area contributed by atoms with Gasteiger partial charge in [-0.05, 0) is 97.9 Å². The number of ether oxygens (including phenoxy) is 1. The van der Waals surface area contributed by atoms with E-state index >= 15 is 0 Å². The Morgan fingerprint density at radius 1 is 0.974 bits per heavy atom. The van der Waals surface area contributed by atoms with E-state index in [1.54, 1.807) is 12.1 Å². The van der Waals surface area contributed by atoms with Gasteiger partial charge in [-0.1, -0.05) is 24.3 Å². The third-order valence-corrected chi connectivity index (χ3v) is 8.12. The van der Waals surface area contributed by atoms with Crippen LogP contribution in [0.4, 0.5) is 10.1 Å². The smallest absolute Gasteiger partial charge is 0.225 e. The Morgan fingerprint density at radius 2 is 1.71 bits per heavy atom. The number of hydrogen-bond acceptors (Lipinski definition) is 5. The molecule has 6 nitrogen and oxygen atoms in total. The number of hydrogen-bond donors (Lipinski definition) is 2. The third-order valence-electron chi connectivity index (χ3n) is 8.12. The van der Waals surface area contributed by atoms with Crippen LogP contribution in [0.5, 0.6) is 5.75 Å². The Morgan fingerprint density at radius 3 is 2.47 bits per heavy atom. The van der Waals surface area contributed by atoms with Crippen LogP contribution in [0.1, 0.15) is 43.8 Å². The number of aliphatic hydroxyl groups is 1. The number of anilines is 1. The fourth-order valence-corrected chi connectivity index (χ4v) is 5.73. The Labute approximate surface area is 223 Å². The van der Waals surface area contributed by atoms with Gasteiger partial charge in [-0.15, -0.1) is 0 Å². The van der Waals surface area contributed by atoms with E-state index in [-0.39, 0.29) is 23.7 Å². The Hall–Kier alpha value is -3.16.